The van der Waals surface area contributed by atoms with Crippen LogP contribution < -0.4 is 10.6 Å². The second-order valence-corrected chi connectivity index (χ2v) is 7.25. The highest BCUT2D eigenvalue weighted by Gasteiger charge is 2.01. The Morgan fingerprint density at radius 3 is 2.62 bits per heavy atom. The first kappa shape index (κ1) is 18.7. The van der Waals surface area contributed by atoms with Gasteiger partial charge in [-0.1, -0.05) is 24.3 Å². The van der Waals surface area contributed by atoms with Crippen LogP contribution in [0.2, 0.25) is 0 Å². The van der Waals surface area contributed by atoms with Crippen LogP contribution in [0.15, 0.2) is 42.5 Å². The lowest BCUT2D eigenvalue weighted by molar-refractivity contribution is 0.627. The molecule has 0 bridgehead atoms. The van der Waals surface area contributed by atoms with Crippen molar-refractivity contribution in [3.63, 3.8) is 0 Å². The smallest absolute Gasteiger partial charge is 0.170 e. The van der Waals surface area contributed by atoms with E-state index in [0.717, 1.165) is 35.7 Å². The molecule has 24 heavy (non-hydrogen) atoms. The van der Waals surface area contributed by atoms with Gasteiger partial charge in [0.2, 0.25) is 0 Å². The summed E-state index contributed by atoms with van der Waals surface area (Å²) >= 11 is 7.19. The van der Waals surface area contributed by atoms with E-state index in [2.05, 4.69) is 42.7 Å². The van der Waals surface area contributed by atoms with Crippen molar-refractivity contribution in [2.75, 3.05) is 17.6 Å². The van der Waals surface area contributed by atoms with Gasteiger partial charge in [-0.05, 0) is 73.1 Å². The average Bonchev–Trinajstić information content (AvgIpc) is 2.56. The number of hydrogen-bond acceptors (Lipinski definition) is 2. The largest absolute Gasteiger partial charge is 0.362 e. The lowest BCUT2D eigenvalue weighted by Gasteiger charge is -2.13. The third-order valence-electron chi connectivity index (χ3n) is 3.57. The van der Waals surface area contributed by atoms with E-state index in [4.69, 9.17) is 12.2 Å². The molecule has 0 aliphatic rings. The van der Waals surface area contributed by atoms with E-state index in [1.807, 2.05) is 23.9 Å². The van der Waals surface area contributed by atoms with Crippen LogP contribution in [-0.4, -0.2) is 17.4 Å². The zero-order chi connectivity index (χ0) is 17.4. The van der Waals surface area contributed by atoms with Gasteiger partial charge in [0, 0.05) is 18.0 Å². The van der Waals surface area contributed by atoms with Gasteiger partial charge in [0.05, 0.1) is 0 Å². The quantitative estimate of drug-likeness (QED) is 0.531. The number of nitrogens with one attached hydrogen (secondary N) is 2. The van der Waals surface area contributed by atoms with Crippen LogP contribution in [0.25, 0.3) is 0 Å². The van der Waals surface area contributed by atoms with E-state index in [1.165, 1.54) is 23.3 Å². The molecule has 0 saturated carbocycles. The molecule has 2 aromatic carbocycles. The summed E-state index contributed by atoms with van der Waals surface area (Å²) in [6, 6.07) is 13.0. The molecule has 2 nitrogen and oxygen atoms in total. The van der Waals surface area contributed by atoms with E-state index in [1.54, 1.807) is 0 Å². The monoisotopic (exact) mass is 362 g/mol. The lowest BCUT2D eigenvalue weighted by atomic mass is 10.1. The van der Waals surface area contributed by atoms with Crippen LogP contribution in [0.5, 0.6) is 0 Å². The lowest BCUT2D eigenvalue weighted by Crippen LogP contribution is -2.29. The van der Waals surface area contributed by atoms with E-state index in [-0.39, 0.29) is 5.82 Å². The molecule has 0 aliphatic heterocycles. The van der Waals surface area contributed by atoms with Crippen LogP contribution in [-0.2, 0) is 5.75 Å². The van der Waals surface area contributed by atoms with Gasteiger partial charge in [-0.25, -0.2) is 4.39 Å². The van der Waals surface area contributed by atoms with Gasteiger partial charge in [-0.15, -0.1) is 0 Å². The maximum atomic E-state index is 12.8. The number of aryl methyl sites for hydroxylation is 2. The first-order chi connectivity index (χ1) is 11.5. The van der Waals surface area contributed by atoms with Gasteiger partial charge in [0.25, 0.3) is 0 Å². The van der Waals surface area contributed by atoms with Crippen molar-refractivity contribution in [1.29, 1.82) is 0 Å². The fourth-order valence-electron chi connectivity index (χ4n) is 2.18. The molecule has 0 atom stereocenters. The van der Waals surface area contributed by atoms with Gasteiger partial charge in [-0.2, -0.15) is 11.8 Å². The molecule has 0 amide bonds. The van der Waals surface area contributed by atoms with Crippen molar-refractivity contribution in [3.05, 3.63) is 65.0 Å². The Morgan fingerprint density at radius 2 is 1.88 bits per heavy atom. The summed E-state index contributed by atoms with van der Waals surface area (Å²) in [5.41, 5.74) is 4.60. The summed E-state index contributed by atoms with van der Waals surface area (Å²) in [6.45, 7) is 4.98. The molecule has 0 heterocycles. The molecule has 0 unspecified atom stereocenters. The molecule has 2 aromatic rings. The van der Waals surface area contributed by atoms with Crippen LogP contribution in [0.1, 0.15) is 23.1 Å². The van der Waals surface area contributed by atoms with Crippen molar-refractivity contribution in [2.45, 2.75) is 26.0 Å². The van der Waals surface area contributed by atoms with Crippen LogP contribution >= 0.6 is 24.0 Å². The molecule has 0 saturated heterocycles. The molecule has 2 rings (SSSR count). The Labute approximate surface area is 153 Å². The van der Waals surface area contributed by atoms with Gasteiger partial charge in [0.1, 0.15) is 5.82 Å². The SMILES string of the molecule is Cc1ccc(C)c(NC(=S)NCCCSCc2ccc(F)cc2)c1. The van der Waals surface area contributed by atoms with Crippen molar-refractivity contribution < 1.29 is 4.39 Å². The highest BCUT2D eigenvalue weighted by molar-refractivity contribution is 7.98. The minimum atomic E-state index is -0.183. The highest BCUT2D eigenvalue weighted by atomic mass is 32.2. The fourth-order valence-corrected chi connectivity index (χ4v) is 3.32. The normalized spacial score (nSPS) is 10.5. The second-order valence-electron chi connectivity index (χ2n) is 5.73. The minimum Gasteiger partial charge on any atom is -0.362 e. The highest BCUT2D eigenvalue weighted by Crippen LogP contribution is 2.16. The van der Waals surface area contributed by atoms with Crippen molar-refractivity contribution in [2.24, 2.45) is 0 Å². The summed E-state index contributed by atoms with van der Waals surface area (Å²) in [6.07, 6.45) is 1.03. The van der Waals surface area contributed by atoms with Crippen LogP contribution in [0.3, 0.4) is 0 Å². The Bertz CT molecular complexity index is 672. The maximum Gasteiger partial charge on any atom is 0.170 e. The van der Waals surface area contributed by atoms with E-state index >= 15 is 0 Å². The first-order valence-electron chi connectivity index (χ1n) is 7.99. The number of benzene rings is 2. The van der Waals surface area contributed by atoms with Crippen molar-refractivity contribution in [1.82, 2.24) is 5.32 Å². The summed E-state index contributed by atoms with van der Waals surface area (Å²) in [7, 11) is 0. The van der Waals surface area contributed by atoms with E-state index in [0.29, 0.717) is 5.11 Å². The van der Waals surface area contributed by atoms with E-state index in [9.17, 15) is 4.39 Å². The topological polar surface area (TPSA) is 24.1 Å². The first-order valence-corrected chi connectivity index (χ1v) is 9.55. The number of thiocarbonyl (C=S) groups is 1. The Balaban J connectivity index is 1.61. The zero-order valence-electron chi connectivity index (χ0n) is 14.1. The van der Waals surface area contributed by atoms with Gasteiger partial charge in [0.15, 0.2) is 5.11 Å². The zero-order valence-corrected chi connectivity index (χ0v) is 15.7. The Kier molecular flexibility index (Phi) is 7.53. The number of hydrogen-bond donors (Lipinski definition) is 2. The molecule has 0 aromatic heterocycles. The minimum absolute atomic E-state index is 0.183. The molecule has 0 fully saturated rings. The van der Waals surface area contributed by atoms with E-state index < -0.39 is 0 Å². The van der Waals surface area contributed by atoms with Gasteiger partial charge < -0.3 is 10.6 Å². The molecule has 0 radical (unpaired) electrons. The molecule has 0 spiro atoms. The average molecular weight is 363 g/mol. The number of thioether (sulfide) groups is 1. The van der Waals surface area contributed by atoms with Crippen LogP contribution in [0.4, 0.5) is 10.1 Å². The third kappa shape index (κ3) is 6.49. The predicted molar refractivity (Wildman–Crippen MR) is 107 cm³/mol. The summed E-state index contributed by atoms with van der Waals surface area (Å²) < 4.78 is 12.8. The fraction of sp³-hybridized carbons (Fsp3) is 0.316. The molecule has 5 heteroatoms. The van der Waals surface area contributed by atoms with Gasteiger partial charge in [-0.3, -0.25) is 0 Å². The number of halogens is 1. The number of rotatable bonds is 7. The maximum absolute atomic E-state index is 12.8. The Hall–Kier alpha value is -1.59. The Morgan fingerprint density at radius 1 is 1.12 bits per heavy atom. The van der Waals surface area contributed by atoms with Crippen molar-refractivity contribution in [3.8, 4) is 0 Å². The molecule has 2 N–H and O–H groups in total. The standard InChI is InChI=1S/C19H23FN2S2/c1-14-4-5-15(2)18(12-14)22-19(23)21-10-3-11-24-13-16-6-8-17(20)9-7-16/h4-9,12H,3,10-11,13H2,1-2H3,(H2,21,22,23). The van der Waals surface area contributed by atoms with Crippen LogP contribution in [0, 0.1) is 19.7 Å². The predicted octanol–water partition coefficient (Wildman–Crippen LogP) is 5.05. The summed E-state index contributed by atoms with van der Waals surface area (Å²) in [4.78, 5) is 0. The molecule has 0 aliphatic carbocycles. The van der Waals surface area contributed by atoms with Gasteiger partial charge >= 0.3 is 0 Å². The summed E-state index contributed by atoms with van der Waals surface area (Å²) in [5.74, 6) is 1.76. The molecular weight excluding hydrogens is 339 g/mol. The molecule has 128 valence electrons. The second kappa shape index (κ2) is 9.64. The summed E-state index contributed by atoms with van der Waals surface area (Å²) in [5, 5.41) is 7.15. The molecular formula is C19H23FN2S2. The van der Waals surface area contributed by atoms with Crippen molar-refractivity contribution >= 4 is 34.8 Å². The number of anilines is 1. The third-order valence-corrected chi connectivity index (χ3v) is 4.94.